The molecule has 8 nitrogen and oxygen atoms in total. The van der Waals surface area contributed by atoms with Gasteiger partial charge in [0.05, 0.1) is 6.20 Å². The number of carboxylic acids is 1. The predicted octanol–water partition coefficient (Wildman–Crippen LogP) is 3.91. The summed E-state index contributed by atoms with van der Waals surface area (Å²) in [5.74, 6) is -2.61. The number of carbonyl (C=O) groups is 2. The molecule has 1 aromatic heterocycles. The third-order valence-electron chi connectivity index (χ3n) is 5.69. The van der Waals surface area contributed by atoms with Crippen LogP contribution in [0.15, 0.2) is 67.0 Å². The Hall–Kier alpha value is -3.70. The molecule has 0 aliphatic heterocycles. The molecule has 11 heteroatoms. The van der Waals surface area contributed by atoms with E-state index in [-0.39, 0.29) is 0 Å². The smallest absolute Gasteiger partial charge is 0.475 e. The lowest BCUT2D eigenvalue weighted by Crippen LogP contribution is -2.21. The zero-order valence-electron chi connectivity index (χ0n) is 19.3. The molecule has 36 heavy (non-hydrogen) atoms. The zero-order chi connectivity index (χ0) is 26.1. The van der Waals surface area contributed by atoms with Crippen LogP contribution in [0.25, 0.3) is 0 Å². The second-order valence-electron chi connectivity index (χ2n) is 8.40. The van der Waals surface area contributed by atoms with Crippen LogP contribution in [0.2, 0.25) is 0 Å². The summed E-state index contributed by atoms with van der Waals surface area (Å²) in [4.78, 5) is 20.2. The first-order valence-electron chi connectivity index (χ1n) is 11.3. The van der Waals surface area contributed by atoms with Gasteiger partial charge in [0.15, 0.2) is 0 Å². The molecule has 0 radical (unpaired) electrons. The minimum atomic E-state index is -5.08. The summed E-state index contributed by atoms with van der Waals surface area (Å²) < 4.78 is 33.7. The van der Waals surface area contributed by atoms with Crippen LogP contribution in [0, 0.1) is 0 Å². The van der Waals surface area contributed by atoms with E-state index in [2.05, 4.69) is 46.9 Å². The number of nitrogens with one attached hydrogen (secondary N) is 2. The Labute approximate surface area is 205 Å². The standard InChI is InChI=1S/C23H26N4O2.C2HF3O2/c28-23(26-29)20-10-8-17(9-11-20)5-4-12-27-16-18(15-25-27)14-24-22-13-21(22)19-6-2-1-3-7-19;3-2(4,5)1(6)7/h1-3,6-11,15-16,21-22,24,29H,4-5,12-14H2,(H,26,28);(H,6,7). The Bertz CT molecular complexity index is 1130. The van der Waals surface area contributed by atoms with E-state index in [0.717, 1.165) is 31.5 Å². The van der Waals surface area contributed by atoms with Crippen molar-refractivity contribution in [2.24, 2.45) is 0 Å². The lowest BCUT2D eigenvalue weighted by atomic mass is 10.1. The molecule has 192 valence electrons. The number of hydrogen-bond donors (Lipinski definition) is 4. The summed E-state index contributed by atoms with van der Waals surface area (Å²) >= 11 is 0. The van der Waals surface area contributed by atoms with E-state index >= 15 is 0 Å². The third kappa shape index (κ3) is 8.21. The lowest BCUT2D eigenvalue weighted by molar-refractivity contribution is -0.192. The summed E-state index contributed by atoms with van der Waals surface area (Å²) in [5.41, 5.74) is 5.89. The number of hydroxylamine groups is 1. The first-order chi connectivity index (χ1) is 17.2. The van der Waals surface area contributed by atoms with Crippen LogP contribution in [0.4, 0.5) is 13.2 Å². The average Bonchev–Trinajstić information content (AvgIpc) is 3.52. The molecule has 1 fully saturated rings. The maximum Gasteiger partial charge on any atom is 0.490 e. The fourth-order valence-corrected chi connectivity index (χ4v) is 3.69. The number of aryl methyl sites for hydroxylation is 2. The van der Waals surface area contributed by atoms with Gasteiger partial charge in [0.1, 0.15) is 0 Å². The van der Waals surface area contributed by atoms with Crippen LogP contribution in [0.1, 0.15) is 45.8 Å². The molecule has 1 aliphatic carbocycles. The summed E-state index contributed by atoms with van der Waals surface area (Å²) in [7, 11) is 0. The van der Waals surface area contributed by atoms with E-state index < -0.39 is 18.1 Å². The molecule has 1 saturated carbocycles. The number of hydrogen-bond acceptors (Lipinski definition) is 5. The Morgan fingerprint density at radius 3 is 2.33 bits per heavy atom. The lowest BCUT2D eigenvalue weighted by Gasteiger charge is -2.04. The molecule has 4 rings (SSSR count). The molecule has 0 bridgehead atoms. The van der Waals surface area contributed by atoms with Crippen molar-refractivity contribution in [2.45, 2.75) is 50.5 Å². The molecule has 0 saturated heterocycles. The summed E-state index contributed by atoms with van der Waals surface area (Å²) in [6.45, 7) is 1.71. The van der Waals surface area contributed by atoms with Gasteiger partial charge in [0.25, 0.3) is 5.91 Å². The fourth-order valence-electron chi connectivity index (χ4n) is 3.69. The summed E-state index contributed by atoms with van der Waals surface area (Å²) in [6.07, 6.45) is 2.06. The molecule has 1 aliphatic rings. The molecule has 3 aromatic rings. The fraction of sp³-hybridized carbons (Fsp3) is 0.320. The largest absolute Gasteiger partial charge is 0.490 e. The average molecular weight is 505 g/mol. The van der Waals surface area contributed by atoms with Gasteiger partial charge in [-0.15, -0.1) is 0 Å². The molecule has 2 aromatic carbocycles. The number of amides is 1. The van der Waals surface area contributed by atoms with Crippen molar-refractivity contribution in [3.05, 3.63) is 89.2 Å². The van der Waals surface area contributed by atoms with Gasteiger partial charge in [-0.25, -0.2) is 10.3 Å². The van der Waals surface area contributed by atoms with Gasteiger partial charge in [0, 0.05) is 42.4 Å². The minimum Gasteiger partial charge on any atom is -0.475 e. The van der Waals surface area contributed by atoms with Gasteiger partial charge >= 0.3 is 12.1 Å². The molecular weight excluding hydrogens is 477 g/mol. The molecule has 0 spiro atoms. The van der Waals surface area contributed by atoms with E-state index in [4.69, 9.17) is 15.1 Å². The van der Waals surface area contributed by atoms with Crippen molar-refractivity contribution in [3.8, 4) is 0 Å². The van der Waals surface area contributed by atoms with Crippen molar-refractivity contribution in [1.82, 2.24) is 20.6 Å². The molecule has 2 atom stereocenters. The highest BCUT2D eigenvalue weighted by Crippen LogP contribution is 2.40. The van der Waals surface area contributed by atoms with Gasteiger partial charge in [-0.2, -0.15) is 18.3 Å². The Morgan fingerprint density at radius 1 is 1.06 bits per heavy atom. The second-order valence-corrected chi connectivity index (χ2v) is 8.40. The number of alkyl halides is 3. The van der Waals surface area contributed by atoms with Crippen LogP contribution in [-0.2, 0) is 24.3 Å². The molecule has 2 unspecified atom stereocenters. The van der Waals surface area contributed by atoms with E-state index in [1.54, 1.807) is 17.6 Å². The van der Waals surface area contributed by atoms with Gasteiger partial charge in [-0.3, -0.25) is 14.7 Å². The highest BCUT2D eigenvalue weighted by molar-refractivity contribution is 5.93. The normalized spacial score (nSPS) is 16.6. The molecule has 1 amide bonds. The predicted molar refractivity (Wildman–Crippen MR) is 124 cm³/mol. The number of aromatic nitrogens is 2. The molecule has 1 heterocycles. The van der Waals surface area contributed by atoms with Gasteiger partial charge in [0.2, 0.25) is 0 Å². The summed E-state index contributed by atoms with van der Waals surface area (Å²) in [6, 6.07) is 18.5. The first kappa shape index (κ1) is 26.9. The van der Waals surface area contributed by atoms with E-state index in [1.165, 1.54) is 17.5 Å². The molecular formula is C25H27F3N4O4. The first-order valence-corrected chi connectivity index (χ1v) is 11.3. The monoisotopic (exact) mass is 504 g/mol. The number of rotatable bonds is 9. The van der Waals surface area contributed by atoms with Crippen LogP contribution in [-0.4, -0.2) is 44.2 Å². The topological polar surface area (TPSA) is 116 Å². The third-order valence-corrected chi connectivity index (χ3v) is 5.69. The number of benzene rings is 2. The van der Waals surface area contributed by atoms with Crippen molar-refractivity contribution < 1.29 is 33.1 Å². The van der Waals surface area contributed by atoms with Crippen LogP contribution < -0.4 is 10.8 Å². The van der Waals surface area contributed by atoms with Crippen molar-refractivity contribution >= 4 is 11.9 Å². The Balaban J connectivity index is 0.000000454. The van der Waals surface area contributed by atoms with Crippen LogP contribution in [0.5, 0.6) is 0 Å². The number of aliphatic carboxylic acids is 1. The number of carbonyl (C=O) groups excluding carboxylic acids is 1. The SMILES string of the molecule is O=C(NO)c1ccc(CCCn2cc(CNC3CC3c3ccccc3)cn2)cc1.O=C(O)C(F)(F)F. The van der Waals surface area contributed by atoms with Crippen LogP contribution >= 0.6 is 0 Å². The van der Waals surface area contributed by atoms with Crippen molar-refractivity contribution in [3.63, 3.8) is 0 Å². The number of halogens is 3. The Morgan fingerprint density at radius 2 is 1.72 bits per heavy atom. The van der Waals surface area contributed by atoms with Gasteiger partial charge in [-0.1, -0.05) is 42.5 Å². The quantitative estimate of drug-likeness (QED) is 0.259. The highest BCUT2D eigenvalue weighted by atomic mass is 19.4. The zero-order valence-corrected chi connectivity index (χ0v) is 19.3. The van der Waals surface area contributed by atoms with Crippen molar-refractivity contribution in [2.75, 3.05) is 0 Å². The van der Waals surface area contributed by atoms with E-state index in [9.17, 15) is 18.0 Å². The maximum atomic E-state index is 11.3. The van der Waals surface area contributed by atoms with E-state index in [0.29, 0.717) is 17.5 Å². The molecule has 4 N–H and O–H groups in total. The Kier molecular flexibility index (Phi) is 9.20. The van der Waals surface area contributed by atoms with Crippen molar-refractivity contribution in [1.29, 1.82) is 0 Å². The van der Waals surface area contributed by atoms with Crippen LogP contribution in [0.3, 0.4) is 0 Å². The van der Waals surface area contributed by atoms with E-state index in [1.807, 2.05) is 23.0 Å². The minimum absolute atomic E-state index is 0.450. The highest BCUT2D eigenvalue weighted by Gasteiger charge is 2.38. The number of carboxylic acid groups (broad SMARTS) is 1. The van der Waals surface area contributed by atoms with Gasteiger partial charge < -0.3 is 10.4 Å². The number of nitrogens with zero attached hydrogens (tertiary/aromatic N) is 2. The second kappa shape index (κ2) is 12.3. The maximum absolute atomic E-state index is 11.3. The summed E-state index contributed by atoms with van der Waals surface area (Å²) in [5, 5.41) is 23.9. The van der Waals surface area contributed by atoms with Gasteiger partial charge in [-0.05, 0) is 42.5 Å².